The Morgan fingerprint density at radius 3 is 2.78 bits per heavy atom. The minimum atomic E-state index is -0.725. The van der Waals surface area contributed by atoms with Gasteiger partial charge in [-0.3, -0.25) is 14.4 Å². The Hall–Kier alpha value is -3.11. The fraction of sp³-hybridized carbons (Fsp3) is 0.562. The SMILES string of the molecule is NC(=O)NCC1CCCCN1C(=O)CC1Cn2cnc(C(N)=O)c2NC1=O. The van der Waals surface area contributed by atoms with Gasteiger partial charge in [-0.2, -0.15) is 0 Å². The fourth-order valence-corrected chi connectivity index (χ4v) is 3.62. The summed E-state index contributed by atoms with van der Waals surface area (Å²) in [5.41, 5.74) is 10.4. The number of piperidine rings is 1. The molecule has 27 heavy (non-hydrogen) atoms. The van der Waals surface area contributed by atoms with Gasteiger partial charge in [-0.1, -0.05) is 0 Å². The molecule has 2 aliphatic heterocycles. The third kappa shape index (κ3) is 4.01. The summed E-state index contributed by atoms with van der Waals surface area (Å²) < 4.78 is 1.61. The number of rotatable bonds is 5. The highest BCUT2D eigenvalue weighted by molar-refractivity contribution is 6.03. The van der Waals surface area contributed by atoms with Gasteiger partial charge in [-0.05, 0) is 19.3 Å². The quantitative estimate of drug-likeness (QED) is 0.515. The van der Waals surface area contributed by atoms with Crippen LogP contribution in [0.25, 0.3) is 0 Å². The molecule has 3 rings (SSSR count). The van der Waals surface area contributed by atoms with E-state index < -0.39 is 17.9 Å². The number of likely N-dealkylation sites (tertiary alicyclic amines) is 1. The molecule has 5 amide bonds. The monoisotopic (exact) mass is 377 g/mol. The van der Waals surface area contributed by atoms with E-state index >= 15 is 0 Å². The van der Waals surface area contributed by atoms with Crippen molar-refractivity contribution in [2.75, 3.05) is 18.4 Å². The van der Waals surface area contributed by atoms with E-state index in [1.54, 1.807) is 9.47 Å². The normalized spacial score (nSPS) is 21.9. The Bertz CT molecular complexity index is 775. The average Bonchev–Trinajstić information content (AvgIpc) is 3.03. The van der Waals surface area contributed by atoms with Gasteiger partial charge in [0.2, 0.25) is 11.8 Å². The van der Waals surface area contributed by atoms with E-state index in [1.165, 1.54) is 6.33 Å². The van der Waals surface area contributed by atoms with E-state index in [9.17, 15) is 19.2 Å². The van der Waals surface area contributed by atoms with Gasteiger partial charge in [0.15, 0.2) is 5.69 Å². The molecule has 146 valence electrons. The van der Waals surface area contributed by atoms with Crippen LogP contribution in [0.5, 0.6) is 0 Å². The Balaban J connectivity index is 1.66. The molecule has 0 bridgehead atoms. The lowest BCUT2D eigenvalue weighted by atomic mass is 9.97. The van der Waals surface area contributed by atoms with E-state index in [2.05, 4.69) is 15.6 Å². The molecule has 3 heterocycles. The first kappa shape index (κ1) is 18.7. The van der Waals surface area contributed by atoms with Crippen molar-refractivity contribution < 1.29 is 19.2 Å². The molecule has 1 fully saturated rings. The molecule has 11 nitrogen and oxygen atoms in total. The number of imidazole rings is 1. The van der Waals surface area contributed by atoms with Crippen molar-refractivity contribution in [2.24, 2.45) is 17.4 Å². The molecule has 0 spiro atoms. The molecular weight excluding hydrogens is 354 g/mol. The van der Waals surface area contributed by atoms with Crippen molar-refractivity contribution in [1.29, 1.82) is 0 Å². The molecule has 2 unspecified atom stereocenters. The van der Waals surface area contributed by atoms with Crippen LogP contribution in [0, 0.1) is 5.92 Å². The highest BCUT2D eigenvalue weighted by Crippen LogP contribution is 2.26. The van der Waals surface area contributed by atoms with Crippen molar-refractivity contribution in [2.45, 2.75) is 38.3 Å². The first-order valence-corrected chi connectivity index (χ1v) is 8.85. The van der Waals surface area contributed by atoms with Crippen LogP contribution < -0.4 is 22.1 Å². The minimum Gasteiger partial charge on any atom is -0.364 e. The van der Waals surface area contributed by atoms with E-state index in [1.807, 2.05) is 0 Å². The zero-order valence-electron chi connectivity index (χ0n) is 14.8. The summed E-state index contributed by atoms with van der Waals surface area (Å²) in [6, 6.07) is -0.756. The van der Waals surface area contributed by atoms with E-state index in [-0.39, 0.29) is 42.3 Å². The summed E-state index contributed by atoms with van der Waals surface area (Å²) in [6.45, 7) is 1.12. The third-order valence-corrected chi connectivity index (χ3v) is 4.98. The molecule has 1 aromatic rings. The van der Waals surface area contributed by atoms with Gasteiger partial charge in [0.1, 0.15) is 5.82 Å². The summed E-state index contributed by atoms with van der Waals surface area (Å²) in [6.07, 6.45) is 4.07. The highest BCUT2D eigenvalue weighted by atomic mass is 16.2. The predicted molar refractivity (Wildman–Crippen MR) is 94.4 cm³/mol. The summed E-state index contributed by atoms with van der Waals surface area (Å²) in [4.78, 5) is 53.1. The molecule has 11 heteroatoms. The molecule has 1 aromatic heterocycles. The number of anilines is 1. The largest absolute Gasteiger partial charge is 0.364 e. The second-order valence-corrected chi connectivity index (χ2v) is 6.83. The van der Waals surface area contributed by atoms with Crippen LogP contribution in [0.1, 0.15) is 36.2 Å². The highest BCUT2D eigenvalue weighted by Gasteiger charge is 2.34. The number of carbonyl (C=O) groups is 4. The topological polar surface area (TPSA) is 165 Å². The van der Waals surface area contributed by atoms with Crippen molar-refractivity contribution >= 4 is 29.6 Å². The van der Waals surface area contributed by atoms with E-state index in [4.69, 9.17) is 11.5 Å². The van der Waals surface area contributed by atoms with Gasteiger partial charge in [-0.25, -0.2) is 9.78 Å². The number of amides is 5. The van der Waals surface area contributed by atoms with Crippen LogP contribution in [-0.2, 0) is 16.1 Å². The Morgan fingerprint density at radius 1 is 1.30 bits per heavy atom. The number of nitrogens with one attached hydrogen (secondary N) is 2. The number of nitrogens with zero attached hydrogens (tertiary/aromatic N) is 3. The molecule has 0 aliphatic carbocycles. The van der Waals surface area contributed by atoms with Crippen molar-refractivity contribution in [3.8, 4) is 0 Å². The number of fused-ring (bicyclic) bond motifs is 1. The van der Waals surface area contributed by atoms with E-state index in [0.717, 1.165) is 19.3 Å². The first-order valence-electron chi connectivity index (χ1n) is 8.85. The van der Waals surface area contributed by atoms with Crippen LogP contribution in [0.3, 0.4) is 0 Å². The number of aromatic nitrogens is 2. The summed E-state index contributed by atoms with van der Waals surface area (Å²) in [5.74, 6) is -1.53. The number of urea groups is 1. The average molecular weight is 377 g/mol. The Morgan fingerprint density at radius 2 is 2.07 bits per heavy atom. The van der Waals surface area contributed by atoms with Gasteiger partial charge >= 0.3 is 6.03 Å². The maximum atomic E-state index is 12.8. The molecule has 6 N–H and O–H groups in total. The van der Waals surface area contributed by atoms with Gasteiger partial charge in [-0.15, -0.1) is 0 Å². The van der Waals surface area contributed by atoms with Crippen LogP contribution in [0.2, 0.25) is 0 Å². The molecule has 0 aromatic carbocycles. The zero-order chi connectivity index (χ0) is 19.6. The second kappa shape index (κ2) is 7.64. The maximum Gasteiger partial charge on any atom is 0.312 e. The molecule has 0 radical (unpaired) electrons. The van der Waals surface area contributed by atoms with Gasteiger partial charge in [0.25, 0.3) is 5.91 Å². The zero-order valence-corrected chi connectivity index (χ0v) is 14.8. The van der Waals surface area contributed by atoms with Crippen LogP contribution in [0.15, 0.2) is 6.33 Å². The van der Waals surface area contributed by atoms with Gasteiger partial charge in [0, 0.05) is 32.1 Å². The smallest absolute Gasteiger partial charge is 0.312 e. The second-order valence-electron chi connectivity index (χ2n) is 6.83. The molecular formula is C16H23N7O4. The summed E-state index contributed by atoms with van der Waals surface area (Å²) >= 11 is 0. The maximum absolute atomic E-state index is 12.8. The standard InChI is InChI=1S/C16H23N7O4/c17-13(25)12-14-21-15(26)9(7-22(14)8-20-12)5-11(24)23-4-2-1-3-10(23)6-19-16(18)27/h8-10H,1-7H2,(H2,17,25)(H,21,26)(H3,18,19,27). The number of carbonyl (C=O) groups excluding carboxylic acids is 4. The predicted octanol–water partition coefficient (Wildman–Crippen LogP) is -1.01. The first-order chi connectivity index (χ1) is 12.9. The molecule has 2 atom stereocenters. The Kier molecular flexibility index (Phi) is 5.28. The summed E-state index contributed by atoms with van der Waals surface area (Å²) in [5, 5.41) is 5.16. The van der Waals surface area contributed by atoms with Crippen LogP contribution >= 0.6 is 0 Å². The third-order valence-electron chi connectivity index (χ3n) is 4.98. The van der Waals surface area contributed by atoms with Crippen molar-refractivity contribution in [1.82, 2.24) is 19.8 Å². The van der Waals surface area contributed by atoms with Gasteiger partial charge in [0.05, 0.1) is 12.2 Å². The summed E-state index contributed by atoms with van der Waals surface area (Å²) in [7, 11) is 0. The lowest BCUT2D eigenvalue weighted by Crippen LogP contribution is -2.51. The minimum absolute atomic E-state index is 0.00162. The van der Waals surface area contributed by atoms with Crippen molar-refractivity contribution in [3.05, 3.63) is 12.0 Å². The molecule has 2 aliphatic rings. The lowest BCUT2D eigenvalue weighted by molar-refractivity contribution is -0.138. The lowest BCUT2D eigenvalue weighted by Gasteiger charge is -2.37. The number of hydrogen-bond donors (Lipinski definition) is 4. The number of hydrogen-bond acceptors (Lipinski definition) is 5. The van der Waals surface area contributed by atoms with Crippen LogP contribution in [0.4, 0.5) is 10.6 Å². The number of primary amides is 2. The molecule has 0 saturated carbocycles. The van der Waals surface area contributed by atoms with Gasteiger partial charge < -0.3 is 31.6 Å². The van der Waals surface area contributed by atoms with Crippen LogP contribution in [-0.4, -0.2) is 57.3 Å². The molecule has 1 saturated heterocycles. The fourth-order valence-electron chi connectivity index (χ4n) is 3.62. The van der Waals surface area contributed by atoms with E-state index in [0.29, 0.717) is 13.1 Å². The Labute approximate surface area is 155 Å². The van der Waals surface area contributed by atoms with Crippen molar-refractivity contribution in [3.63, 3.8) is 0 Å². The number of nitrogens with two attached hydrogens (primary N) is 2.